The van der Waals surface area contributed by atoms with Crippen molar-refractivity contribution in [1.82, 2.24) is 5.32 Å². The van der Waals surface area contributed by atoms with Crippen molar-refractivity contribution < 1.29 is 24.5 Å². The second kappa shape index (κ2) is 87.0. The lowest BCUT2D eigenvalue weighted by molar-refractivity contribution is -0.143. The number of unbranched alkanes of at least 4 members (excludes halogenated alkanes) is 74. The van der Waals surface area contributed by atoms with Gasteiger partial charge in [0.05, 0.1) is 25.4 Å². The Labute approximate surface area is 609 Å². The molecule has 0 heterocycles. The molecule has 3 N–H and O–H groups in total. The van der Waals surface area contributed by atoms with Crippen LogP contribution in [0.2, 0.25) is 0 Å². The first-order valence-corrected chi connectivity index (χ1v) is 45.4. The predicted molar refractivity (Wildman–Crippen MR) is 430 cm³/mol. The van der Waals surface area contributed by atoms with Crippen LogP contribution in [-0.4, -0.2) is 47.4 Å². The molecule has 0 aliphatic heterocycles. The first kappa shape index (κ1) is 95.6. The van der Waals surface area contributed by atoms with E-state index in [9.17, 15) is 19.8 Å². The molecule has 578 valence electrons. The van der Waals surface area contributed by atoms with Crippen LogP contribution in [0.4, 0.5) is 0 Å². The summed E-state index contributed by atoms with van der Waals surface area (Å²) in [5.74, 6) is 0.00427. The van der Waals surface area contributed by atoms with Crippen LogP contribution in [-0.2, 0) is 14.3 Å². The SMILES string of the molecule is CCCCCCCCCCCCCCCCCCCCCCCCCCC(O)C(CO)NC(=O)CCCCCCCCCCCCCCCCCCC/C=C\CCCCCCCCCCCCCCCCCCCCOC(=O)CCCCCCCCCCCCCCCCCCC. The third kappa shape index (κ3) is 83.4. The number of esters is 1. The van der Waals surface area contributed by atoms with E-state index in [0.29, 0.717) is 25.9 Å². The molecule has 0 radical (unpaired) electrons. The van der Waals surface area contributed by atoms with Crippen molar-refractivity contribution >= 4 is 11.9 Å². The van der Waals surface area contributed by atoms with Gasteiger partial charge in [-0.1, -0.05) is 482 Å². The summed E-state index contributed by atoms with van der Waals surface area (Å²) < 4.78 is 5.52. The number of nitrogens with one attached hydrogen (secondary N) is 1. The van der Waals surface area contributed by atoms with E-state index in [1.165, 1.54) is 462 Å². The Hall–Kier alpha value is -1.40. The van der Waals surface area contributed by atoms with E-state index < -0.39 is 12.1 Å². The van der Waals surface area contributed by atoms with Gasteiger partial charge in [-0.25, -0.2) is 0 Å². The second-order valence-electron chi connectivity index (χ2n) is 31.6. The minimum Gasteiger partial charge on any atom is -0.466 e. The third-order valence-corrected chi connectivity index (χ3v) is 21.8. The van der Waals surface area contributed by atoms with E-state index in [2.05, 4.69) is 31.3 Å². The lowest BCUT2D eigenvalue weighted by Gasteiger charge is -2.22. The van der Waals surface area contributed by atoms with Crippen molar-refractivity contribution in [1.29, 1.82) is 0 Å². The minimum absolute atomic E-state index is 0.0237. The van der Waals surface area contributed by atoms with Crippen molar-refractivity contribution in [3.63, 3.8) is 0 Å². The molecule has 2 unspecified atom stereocenters. The van der Waals surface area contributed by atoms with Gasteiger partial charge < -0.3 is 20.3 Å². The predicted octanol–water partition coefficient (Wildman–Crippen LogP) is 30.6. The van der Waals surface area contributed by atoms with E-state index in [1.54, 1.807) is 0 Å². The number of allylic oxidation sites excluding steroid dienone is 2. The van der Waals surface area contributed by atoms with Gasteiger partial charge in [-0.05, 0) is 51.4 Å². The molecule has 0 aliphatic carbocycles. The quantitative estimate of drug-likeness (QED) is 0.0320. The first-order valence-electron chi connectivity index (χ1n) is 45.4. The van der Waals surface area contributed by atoms with Gasteiger partial charge in [0.25, 0.3) is 0 Å². The molecule has 97 heavy (non-hydrogen) atoms. The van der Waals surface area contributed by atoms with Crippen LogP contribution in [0.25, 0.3) is 0 Å². The molecular formula is C91H179NO5. The molecule has 6 nitrogen and oxygen atoms in total. The maximum atomic E-state index is 12.6. The molecule has 0 spiro atoms. The molecule has 0 fully saturated rings. The van der Waals surface area contributed by atoms with Crippen LogP contribution < -0.4 is 5.32 Å². The summed E-state index contributed by atoms with van der Waals surface area (Å²) in [7, 11) is 0. The third-order valence-electron chi connectivity index (χ3n) is 21.8. The van der Waals surface area contributed by atoms with Crippen molar-refractivity contribution in [2.75, 3.05) is 13.2 Å². The average Bonchev–Trinajstić information content (AvgIpc) is 2.81. The molecule has 0 rings (SSSR count). The Morgan fingerprint density at radius 1 is 0.278 bits per heavy atom. The highest BCUT2D eigenvalue weighted by Crippen LogP contribution is 2.22. The molecule has 0 bridgehead atoms. The van der Waals surface area contributed by atoms with Crippen LogP contribution >= 0.6 is 0 Å². The molecule has 0 saturated carbocycles. The van der Waals surface area contributed by atoms with E-state index in [4.69, 9.17) is 4.74 Å². The van der Waals surface area contributed by atoms with Gasteiger partial charge in [0.2, 0.25) is 5.91 Å². The van der Waals surface area contributed by atoms with Crippen molar-refractivity contribution in [2.45, 2.75) is 546 Å². The number of amides is 1. The first-order chi connectivity index (χ1) is 48.0. The fraction of sp³-hybridized carbons (Fsp3) is 0.956. The van der Waals surface area contributed by atoms with Crippen molar-refractivity contribution in [3.8, 4) is 0 Å². The average molecular weight is 1370 g/mol. The van der Waals surface area contributed by atoms with Gasteiger partial charge in [-0.2, -0.15) is 0 Å². The lowest BCUT2D eigenvalue weighted by atomic mass is 10.0. The maximum Gasteiger partial charge on any atom is 0.305 e. The van der Waals surface area contributed by atoms with Crippen LogP contribution in [0, 0.1) is 0 Å². The van der Waals surface area contributed by atoms with Crippen LogP contribution in [0.3, 0.4) is 0 Å². The summed E-state index contributed by atoms with van der Waals surface area (Å²) in [4.78, 5) is 24.7. The van der Waals surface area contributed by atoms with Gasteiger partial charge in [0, 0.05) is 12.8 Å². The molecule has 0 aliphatic rings. The summed E-state index contributed by atoms with van der Waals surface area (Å²) in [6, 6.07) is -0.539. The van der Waals surface area contributed by atoms with E-state index >= 15 is 0 Å². The van der Waals surface area contributed by atoms with Crippen LogP contribution in [0.1, 0.15) is 534 Å². The highest BCUT2D eigenvalue weighted by atomic mass is 16.5. The second-order valence-corrected chi connectivity index (χ2v) is 31.6. The van der Waals surface area contributed by atoms with Gasteiger partial charge in [0.15, 0.2) is 0 Å². The zero-order chi connectivity index (χ0) is 69.8. The van der Waals surface area contributed by atoms with E-state index in [-0.39, 0.29) is 18.5 Å². The number of aliphatic hydroxyl groups is 2. The Kier molecular flexibility index (Phi) is 85.7. The fourth-order valence-electron chi connectivity index (χ4n) is 14.9. The number of carbonyl (C=O) groups excluding carboxylic acids is 2. The summed E-state index contributed by atoms with van der Waals surface area (Å²) >= 11 is 0. The number of hydrogen-bond donors (Lipinski definition) is 3. The minimum atomic E-state index is -0.662. The molecule has 1 amide bonds. The molecule has 0 aromatic rings. The Bertz CT molecular complexity index is 1480. The number of carbonyl (C=O) groups is 2. The van der Waals surface area contributed by atoms with Crippen LogP contribution in [0.5, 0.6) is 0 Å². The number of rotatable bonds is 87. The molecule has 0 aromatic carbocycles. The highest BCUT2D eigenvalue weighted by Gasteiger charge is 2.20. The maximum absolute atomic E-state index is 12.6. The molecule has 2 atom stereocenters. The monoisotopic (exact) mass is 1370 g/mol. The van der Waals surface area contributed by atoms with E-state index in [0.717, 1.165) is 38.5 Å². The zero-order valence-corrected chi connectivity index (χ0v) is 66.6. The summed E-state index contributed by atoms with van der Waals surface area (Å²) in [5.41, 5.74) is 0. The molecule has 6 heteroatoms. The largest absolute Gasteiger partial charge is 0.466 e. The standard InChI is InChI=1S/C91H179NO5/c1-3-5-7-9-11-13-15-17-19-21-22-23-24-42-45-48-52-55-59-63-67-71-75-79-83-89(94)88(87-93)92-90(95)84-80-76-72-68-64-60-56-53-49-46-43-40-38-36-34-32-30-28-26-25-27-29-31-33-35-37-39-41-44-47-50-54-58-62-66-70-74-78-82-86-97-91(96)85-81-77-73-69-65-61-57-51-20-18-16-14-12-10-8-6-4-2/h25-26,88-89,93-94H,3-24,27-87H2,1-2H3,(H,92,95)/b26-25-. The van der Waals surface area contributed by atoms with Gasteiger partial charge in [-0.3, -0.25) is 9.59 Å². The van der Waals surface area contributed by atoms with E-state index in [1.807, 2.05) is 0 Å². The Morgan fingerprint density at radius 3 is 0.732 bits per heavy atom. The summed E-state index contributed by atoms with van der Waals surface area (Å²) in [6.07, 6.45) is 112. The fourth-order valence-corrected chi connectivity index (χ4v) is 14.9. The van der Waals surface area contributed by atoms with Crippen LogP contribution in [0.15, 0.2) is 12.2 Å². The molecular weight excluding hydrogens is 1190 g/mol. The van der Waals surface area contributed by atoms with Gasteiger partial charge in [-0.15, -0.1) is 0 Å². The van der Waals surface area contributed by atoms with Crippen molar-refractivity contribution in [2.24, 2.45) is 0 Å². The zero-order valence-electron chi connectivity index (χ0n) is 66.6. The number of aliphatic hydroxyl groups excluding tert-OH is 2. The molecule has 0 aromatic heterocycles. The van der Waals surface area contributed by atoms with Gasteiger partial charge >= 0.3 is 5.97 Å². The lowest BCUT2D eigenvalue weighted by Crippen LogP contribution is -2.45. The normalized spacial score (nSPS) is 12.4. The topological polar surface area (TPSA) is 95.9 Å². The Balaban J connectivity index is 3.31. The number of hydrogen-bond acceptors (Lipinski definition) is 5. The van der Waals surface area contributed by atoms with Gasteiger partial charge in [0.1, 0.15) is 0 Å². The highest BCUT2D eigenvalue weighted by molar-refractivity contribution is 5.76. The smallest absolute Gasteiger partial charge is 0.305 e. The Morgan fingerprint density at radius 2 is 0.485 bits per heavy atom. The summed E-state index contributed by atoms with van der Waals surface area (Å²) in [6.45, 7) is 5.03. The molecule has 0 saturated heterocycles. The van der Waals surface area contributed by atoms with Crippen molar-refractivity contribution in [3.05, 3.63) is 12.2 Å². The summed E-state index contributed by atoms with van der Waals surface area (Å²) in [5, 5.41) is 23.5. The number of ether oxygens (including phenoxy) is 1.